The van der Waals surface area contributed by atoms with Crippen LogP contribution in [0.4, 0.5) is 0 Å². The number of hydrogen-bond acceptors (Lipinski definition) is 3. The molecule has 1 aliphatic rings. The van der Waals surface area contributed by atoms with Crippen molar-refractivity contribution in [3.05, 3.63) is 0 Å². The molecule has 4 heteroatoms. The van der Waals surface area contributed by atoms with E-state index in [0.29, 0.717) is 25.6 Å². The van der Waals surface area contributed by atoms with Crippen molar-refractivity contribution in [1.82, 2.24) is 9.80 Å². The van der Waals surface area contributed by atoms with Crippen LogP contribution in [0.1, 0.15) is 33.6 Å². The third kappa shape index (κ3) is 3.69. The van der Waals surface area contributed by atoms with Crippen molar-refractivity contribution < 1.29 is 9.53 Å². The predicted molar refractivity (Wildman–Crippen MR) is 73.6 cm³/mol. The number of carbonyl (C=O) groups excluding carboxylic acids is 1. The maximum Gasteiger partial charge on any atom is 0.224 e. The van der Waals surface area contributed by atoms with Crippen molar-refractivity contribution in [3.63, 3.8) is 0 Å². The molecule has 1 heterocycles. The Bertz CT molecular complexity index is 279. The van der Waals surface area contributed by atoms with Gasteiger partial charge in [0.2, 0.25) is 5.91 Å². The van der Waals surface area contributed by atoms with Gasteiger partial charge in [0.15, 0.2) is 0 Å². The molecule has 1 fully saturated rings. The Kier molecular flexibility index (Phi) is 5.60. The lowest BCUT2D eigenvalue weighted by Gasteiger charge is -2.35. The number of likely N-dealkylation sites (tertiary alicyclic amines) is 1. The fourth-order valence-corrected chi connectivity index (χ4v) is 2.54. The van der Waals surface area contributed by atoms with Gasteiger partial charge in [0, 0.05) is 25.7 Å². The molecular formula is C14H28N2O2. The Hall–Kier alpha value is -0.610. The van der Waals surface area contributed by atoms with Crippen molar-refractivity contribution in [1.29, 1.82) is 0 Å². The molecule has 0 radical (unpaired) electrons. The summed E-state index contributed by atoms with van der Waals surface area (Å²) in [5, 5.41) is 0. The van der Waals surface area contributed by atoms with Crippen LogP contribution in [0.25, 0.3) is 0 Å². The van der Waals surface area contributed by atoms with Gasteiger partial charge in [0.1, 0.15) is 0 Å². The second kappa shape index (κ2) is 6.53. The van der Waals surface area contributed by atoms with Gasteiger partial charge in [-0.25, -0.2) is 0 Å². The van der Waals surface area contributed by atoms with Gasteiger partial charge in [-0.05, 0) is 46.7 Å². The summed E-state index contributed by atoms with van der Waals surface area (Å²) < 4.78 is 5.23. The summed E-state index contributed by atoms with van der Waals surface area (Å²) in [5.41, 5.74) is 0.189. The average Bonchev–Trinajstić information content (AvgIpc) is 2.56. The summed E-state index contributed by atoms with van der Waals surface area (Å²) in [6.07, 6.45) is 1.67. The van der Waals surface area contributed by atoms with Crippen LogP contribution in [0, 0.1) is 5.92 Å². The number of hydrogen-bond donors (Lipinski definition) is 0. The van der Waals surface area contributed by atoms with E-state index >= 15 is 0 Å². The van der Waals surface area contributed by atoms with Crippen molar-refractivity contribution in [2.45, 2.75) is 39.2 Å². The molecule has 4 nitrogen and oxygen atoms in total. The number of rotatable bonds is 6. The summed E-state index contributed by atoms with van der Waals surface area (Å²) >= 11 is 0. The molecule has 0 N–H and O–H groups in total. The molecule has 0 aromatic rings. The summed E-state index contributed by atoms with van der Waals surface area (Å²) in [6.45, 7) is 9.67. The maximum absolute atomic E-state index is 11.9. The van der Waals surface area contributed by atoms with Crippen LogP contribution < -0.4 is 0 Å². The Labute approximate surface area is 111 Å². The van der Waals surface area contributed by atoms with Gasteiger partial charge in [-0.2, -0.15) is 0 Å². The average molecular weight is 256 g/mol. The second-order valence-electron chi connectivity index (χ2n) is 5.78. The highest BCUT2D eigenvalue weighted by molar-refractivity contribution is 5.75. The Morgan fingerprint density at radius 2 is 2.17 bits per heavy atom. The van der Waals surface area contributed by atoms with E-state index in [1.807, 2.05) is 18.9 Å². The number of carbonyl (C=O) groups is 1. The second-order valence-corrected chi connectivity index (χ2v) is 5.78. The molecule has 1 atom stereocenters. The summed E-state index contributed by atoms with van der Waals surface area (Å²) in [6, 6.07) is 0. The summed E-state index contributed by atoms with van der Waals surface area (Å²) in [4.78, 5) is 16.2. The number of ether oxygens (including phenoxy) is 1. The van der Waals surface area contributed by atoms with Gasteiger partial charge >= 0.3 is 0 Å². The van der Waals surface area contributed by atoms with E-state index in [2.05, 4.69) is 25.8 Å². The molecule has 1 aliphatic heterocycles. The van der Waals surface area contributed by atoms with Crippen LogP contribution in [0.5, 0.6) is 0 Å². The summed E-state index contributed by atoms with van der Waals surface area (Å²) in [7, 11) is 4.07. The van der Waals surface area contributed by atoms with Gasteiger partial charge in [-0.15, -0.1) is 0 Å². The van der Waals surface area contributed by atoms with E-state index in [9.17, 15) is 4.79 Å². The van der Waals surface area contributed by atoms with Crippen molar-refractivity contribution in [3.8, 4) is 0 Å². The van der Waals surface area contributed by atoms with Gasteiger partial charge in [0.05, 0.1) is 13.0 Å². The van der Waals surface area contributed by atoms with E-state index in [-0.39, 0.29) is 11.4 Å². The minimum absolute atomic E-state index is 0.189. The smallest absolute Gasteiger partial charge is 0.224 e. The molecule has 0 aliphatic carbocycles. The fraction of sp³-hybridized carbons (Fsp3) is 0.929. The first-order valence-corrected chi connectivity index (χ1v) is 6.92. The van der Waals surface area contributed by atoms with Crippen LogP contribution in [-0.4, -0.2) is 61.6 Å². The van der Waals surface area contributed by atoms with E-state index in [1.54, 1.807) is 0 Å². The highest BCUT2D eigenvalue weighted by Gasteiger charge is 2.39. The summed E-state index contributed by atoms with van der Waals surface area (Å²) in [5.74, 6) is 0.748. The van der Waals surface area contributed by atoms with Crippen molar-refractivity contribution >= 4 is 5.91 Å². The van der Waals surface area contributed by atoms with E-state index in [0.717, 1.165) is 13.1 Å². The van der Waals surface area contributed by atoms with E-state index < -0.39 is 0 Å². The number of amides is 1. The topological polar surface area (TPSA) is 32.8 Å². The van der Waals surface area contributed by atoms with Gasteiger partial charge in [0.25, 0.3) is 0 Å². The van der Waals surface area contributed by atoms with E-state index in [4.69, 9.17) is 4.74 Å². The molecule has 0 aromatic heterocycles. The van der Waals surface area contributed by atoms with Gasteiger partial charge in [-0.1, -0.05) is 0 Å². The highest BCUT2D eigenvalue weighted by Crippen LogP contribution is 2.33. The molecule has 0 saturated carbocycles. The first-order chi connectivity index (χ1) is 8.39. The standard InChI is InChI=1S/C14H28N2O2/c1-6-18-10-8-13(17)15(4)11-12-7-9-16(5)14(12,2)3/h12H,6-11H2,1-5H3. The maximum atomic E-state index is 11.9. The highest BCUT2D eigenvalue weighted by atomic mass is 16.5. The van der Waals surface area contributed by atoms with Crippen LogP contribution in [0.2, 0.25) is 0 Å². The lowest BCUT2D eigenvalue weighted by molar-refractivity contribution is -0.131. The predicted octanol–water partition coefficient (Wildman–Crippen LogP) is 1.60. The van der Waals surface area contributed by atoms with Crippen LogP contribution in [-0.2, 0) is 9.53 Å². The van der Waals surface area contributed by atoms with E-state index in [1.165, 1.54) is 6.42 Å². The minimum atomic E-state index is 0.189. The SMILES string of the molecule is CCOCCC(=O)N(C)CC1CCN(C)C1(C)C. The molecular weight excluding hydrogens is 228 g/mol. The number of nitrogens with zero attached hydrogens (tertiary/aromatic N) is 2. The largest absolute Gasteiger partial charge is 0.381 e. The quantitative estimate of drug-likeness (QED) is 0.677. The molecule has 18 heavy (non-hydrogen) atoms. The van der Waals surface area contributed by atoms with Gasteiger partial charge in [-0.3, -0.25) is 4.79 Å². The first-order valence-electron chi connectivity index (χ1n) is 6.92. The first kappa shape index (κ1) is 15.4. The van der Waals surface area contributed by atoms with Crippen LogP contribution >= 0.6 is 0 Å². The minimum Gasteiger partial charge on any atom is -0.381 e. The molecule has 0 aromatic carbocycles. The molecule has 1 rings (SSSR count). The lowest BCUT2D eigenvalue weighted by Crippen LogP contribution is -2.44. The zero-order valence-corrected chi connectivity index (χ0v) is 12.5. The zero-order valence-electron chi connectivity index (χ0n) is 12.5. The molecule has 1 amide bonds. The monoisotopic (exact) mass is 256 g/mol. The normalized spacial score (nSPS) is 23.3. The van der Waals surface area contributed by atoms with Crippen LogP contribution in [0.15, 0.2) is 0 Å². The molecule has 106 valence electrons. The Balaban J connectivity index is 2.40. The lowest BCUT2D eigenvalue weighted by atomic mass is 9.88. The van der Waals surface area contributed by atoms with Crippen LogP contribution in [0.3, 0.4) is 0 Å². The Morgan fingerprint density at radius 3 is 2.67 bits per heavy atom. The third-order valence-electron chi connectivity index (χ3n) is 4.38. The molecule has 1 unspecified atom stereocenters. The molecule has 0 bridgehead atoms. The fourth-order valence-electron chi connectivity index (χ4n) is 2.54. The van der Waals surface area contributed by atoms with Gasteiger partial charge < -0.3 is 14.5 Å². The zero-order chi connectivity index (χ0) is 13.8. The third-order valence-corrected chi connectivity index (χ3v) is 4.38. The molecule has 1 saturated heterocycles. The van der Waals surface area contributed by atoms with Crippen molar-refractivity contribution in [2.24, 2.45) is 5.92 Å². The molecule has 0 spiro atoms. The van der Waals surface area contributed by atoms with Crippen molar-refractivity contribution in [2.75, 3.05) is 40.4 Å². The Morgan fingerprint density at radius 1 is 1.50 bits per heavy atom.